The van der Waals surface area contributed by atoms with Gasteiger partial charge in [0.05, 0.1) is 5.56 Å². The molecule has 10 heteroatoms. The minimum Gasteiger partial charge on any atom is -0.508 e. The van der Waals surface area contributed by atoms with Gasteiger partial charge in [0, 0.05) is 18.9 Å². The van der Waals surface area contributed by atoms with Crippen molar-refractivity contribution >= 4 is 10.0 Å². The normalized spacial score (nSPS) is 13.4. The van der Waals surface area contributed by atoms with Gasteiger partial charge in [0.1, 0.15) is 22.8 Å². The van der Waals surface area contributed by atoms with E-state index >= 15 is 0 Å². The van der Waals surface area contributed by atoms with Crippen molar-refractivity contribution in [2.45, 2.75) is 24.0 Å². The van der Waals surface area contributed by atoms with Crippen LogP contribution in [0.2, 0.25) is 0 Å². The van der Waals surface area contributed by atoms with Gasteiger partial charge < -0.3 is 5.11 Å². The highest BCUT2D eigenvalue weighted by Gasteiger charge is 2.48. The first-order valence-electron chi connectivity index (χ1n) is 7.34. The number of benzene rings is 1. The number of rotatable bonds is 5. The lowest BCUT2D eigenvalue weighted by Crippen LogP contribution is -2.42. The molecule has 138 valence electrons. The summed E-state index contributed by atoms with van der Waals surface area (Å²) in [4.78, 5) is 3.08. The van der Waals surface area contributed by atoms with Crippen molar-refractivity contribution in [3.05, 3.63) is 53.9 Å². The molecule has 0 aliphatic heterocycles. The van der Waals surface area contributed by atoms with Gasteiger partial charge in [0.25, 0.3) is 0 Å². The summed E-state index contributed by atoms with van der Waals surface area (Å²) >= 11 is 0. The smallest absolute Gasteiger partial charge is 0.409 e. The van der Waals surface area contributed by atoms with Gasteiger partial charge in [-0.1, -0.05) is 19.1 Å². The van der Waals surface area contributed by atoms with Crippen molar-refractivity contribution in [1.82, 2.24) is 9.29 Å². The van der Waals surface area contributed by atoms with E-state index in [-0.39, 0.29) is 9.87 Å². The molecule has 0 aliphatic rings. The molecule has 0 spiro atoms. The maximum atomic E-state index is 13.7. The third kappa shape index (κ3) is 3.95. The van der Waals surface area contributed by atoms with Gasteiger partial charge in [-0.05, 0) is 23.8 Å². The van der Waals surface area contributed by atoms with Crippen LogP contribution in [0.15, 0.2) is 47.6 Å². The molecule has 0 amide bonds. The molecule has 1 atom stereocenters. The maximum Gasteiger partial charge on any atom is 0.409 e. The van der Waals surface area contributed by atoms with E-state index in [1.807, 2.05) is 0 Å². The molecular weight excluding hydrogens is 371 g/mol. The minimum absolute atomic E-state index is 0.0944. The molecule has 6 nitrogen and oxygen atoms in total. The monoisotopic (exact) mass is 385 g/mol. The van der Waals surface area contributed by atoms with Crippen LogP contribution in [-0.4, -0.2) is 35.5 Å². The SMILES string of the molecule is CCN(C(c1cccc(O)c1)C(F)(F)F)S(=O)(=O)c1cncc(C#N)c1. The van der Waals surface area contributed by atoms with E-state index in [1.165, 1.54) is 19.1 Å². The molecule has 0 fully saturated rings. The molecule has 2 rings (SSSR count). The number of alkyl halides is 3. The molecule has 0 saturated carbocycles. The molecule has 0 saturated heterocycles. The van der Waals surface area contributed by atoms with Gasteiger partial charge in [0.15, 0.2) is 0 Å². The Morgan fingerprint density at radius 2 is 2.00 bits per heavy atom. The Hall–Kier alpha value is -2.64. The van der Waals surface area contributed by atoms with E-state index in [9.17, 15) is 26.7 Å². The van der Waals surface area contributed by atoms with Gasteiger partial charge >= 0.3 is 6.18 Å². The van der Waals surface area contributed by atoms with Crippen LogP contribution in [-0.2, 0) is 10.0 Å². The van der Waals surface area contributed by atoms with E-state index in [1.54, 1.807) is 6.07 Å². The first-order chi connectivity index (χ1) is 12.1. The number of phenols is 1. The zero-order valence-corrected chi connectivity index (χ0v) is 14.3. The van der Waals surface area contributed by atoms with E-state index in [0.717, 1.165) is 30.6 Å². The van der Waals surface area contributed by atoms with E-state index in [2.05, 4.69) is 4.98 Å². The first-order valence-corrected chi connectivity index (χ1v) is 8.78. The number of sulfonamides is 1. The summed E-state index contributed by atoms with van der Waals surface area (Å²) in [5, 5.41) is 18.4. The molecule has 0 bridgehead atoms. The summed E-state index contributed by atoms with van der Waals surface area (Å²) in [5.74, 6) is -0.418. The van der Waals surface area contributed by atoms with E-state index in [0.29, 0.717) is 0 Å². The maximum absolute atomic E-state index is 13.7. The molecule has 1 aromatic carbocycles. The van der Waals surface area contributed by atoms with Crippen molar-refractivity contribution in [1.29, 1.82) is 5.26 Å². The lowest BCUT2D eigenvalue weighted by molar-refractivity contribution is -0.173. The highest BCUT2D eigenvalue weighted by Crippen LogP contribution is 2.41. The van der Waals surface area contributed by atoms with Crippen LogP contribution in [0.4, 0.5) is 13.2 Å². The second-order valence-electron chi connectivity index (χ2n) is 5.27. The average molecular weight is 385 g/mol. The third-order valence-electron chi connectivity index (χ3n) is 3.54. The van der Waals surface area contributed by atoms with Crippen molar-refractivity contribution in [2.75, 3.05) is 6.54 Å². The summed E-state index contributed by atoms with van der Waals surface area (Å²) in [6, 6.07) is 4.47. The Kier molecular flexibility index (Phi) is 5.53. The number of nitrogens with zero attached hydrogens (tertiary/aromatic N) is 3. The number of phenolic OH excluding ortho intramolecular Hbond substituents is 1. The van der Waals surface area contributed by atoms with Crippen LogP contribution in [0.5, 0.6) is 5.75 Å². The molecule has 26 heavy (non-hydrogen) atoms. The van der Waals surface area contributed by atoms with E-state index in [4.69, 9.17) is 5.26 Å². The second kappa shape index (κ2) is 7.31. The Bertz CT molecular complexity index is 939. The number of halogens is 3. The predicted molar refractivity (Wildman–Crippen MR) is 85.4 cm³/mol. The topological polar surface area (TPSA) is 94.3 Å². The van der Waals surface area contributed by atoms with Crippen molar-refractivity contribution in [2.24, 2.45) is 0 Å². The van der Waals surface area contributed by atoms with Gasteiger partial charge in [-0.25, -0.2) is 8.42 Å². The molecule has 1 N–H and O–H groups in total. The van der Waals surface area contributed by atoms with Crippen LogP contribution in [0.1, 0.15) is 24.1 Å². The molecule has 1 heterocycles. The highest BCUT2D eigenvalue weighted by molar-refractivity contribution is 7.89. The Balaban J connectivity index is 2.62. The Morgan fingerprint density at radius 1 is 1.31 bits per heavy atom. The quantitative estimate of drug-likeness (QED) is 0.854. The zero-order valence-electron chi connectivity index (χ0n) is 13.5. The number of aromatic nitrogens is 1. The van der Waals surface area contributed by atoms with Crippen LogP contribution < -0.4 is 0 Å². The Labute approximate surface area is 148 Å². The van der Waals surface area contributed by atoms with Crippen molar-refractivity contribution < 1.29 is 26.7 Å². The van der Waals surface area contributed by atoms with Gasteiger partial charge in [-0.2, -0.15) is 22.7 Å². The van der Waals surface area contributed by atoms with Gasteiger partial charge in [-0.15, -0.1) is 0 Å². The van der Waals surface area contributed by atoms with Gasteiger partial charge in [-0.3, -0.25) is 4.98 Å². The first kappa shape index (κ1) is 19.7. The van der Waals surface area contributed by atoms with Crippen LogP contribution in [0.25, 0.3) is 0 Å². The largest absolute Gasteiger partial charge is 0.508 e. The van der Waals surface area contributed by atoms with E-state index < -0.39 is 45.0 Å². The van der Waals surface area contributed by atoms with Crippen molar-refractivity contribution in [3.63, 3.8) is 0 Å². The summed E-state index contributed by atoms with van der Waals surface area (Å²) in [6.07, 6.45) is -2.95. The third-order valence-corrected chi connectivity index (χ3v) is 5.45. The van der Waals surface area contributed by atoms with Crippen LogP contribution in [0, 0.1) is 11.3 Å². The molecule has 0 radical (unpaired) electrons. The molecule has 0 aliphatic carbocycles. The predicted octanol–water partition coefficient (Wildman–Crippen LogP) is 2.97. The lowest BCUT2D eigenvalue weighted by Gasteiger charge is -2.31. The fourth-order valence-corrected chi connectivity index (χ4v) is 4.06. The van der Waals surface area contributed by atoms with Gasteiger partial charge in [0.2, 0.25) is 10.0 Å². The fourth-order valence-electron chi connectivity index (χ4n) is 2.46. The van der Waals surface area contributed by atoms with Crippen molar-refractivity contribution in [3.8, 4) is 11.8 Å². The zero-order chi connectivity index (χ0) is 19.5. The van der Waals surface area contributed by atoms with Crippen LogP contribution >= 0.6 is 0 Å². The highest BCUT2D eigenvalue weighted by atomic mass is 32.2. The lowest BCUT2D eigenvalue weighted by atomic mass is 10.1. The number of nitriles is 1. The number of hydrogen-bond acceptors (Lipinski definition) is 5. The standard InChI is InChI=1S/C16H14F3N3O3S/c1-2-22(26(24,25)14-6-11(8-20)9-21-10-14)15(16(17,18)19)12-4-3-5-13(23)7-12/h3-7,9-10,15,23H,2H2,1H3. The Morgan fingerprint density at radius 3 is 2.54 bits per heavy atom. The summed E-state index contributed by atoms with van der Waals surface area (Å²) in [6.45, 7) is 0.777. The second-order valence-corrected chi connectivity index (χ2v) is 7.16. The molecule has 1 unspecified atom stereocenters. The molecular formula is C16H14F3N3O3S. The number of aromatic hydroxyl groups is 1. The summed E-state index contributed by atoms with van der Waals surface area (Å²) in [7, 11) is -4.61. The summed E-state index contributed by atoms with van der Waals surface area (Å²) < 4.78 is 67.0. The molecule has 2 aromatic rings. The number of hydrogen-bond donors (Lipinski definition) is 1. The minimum atomic E-state index is -4.93. The molecule has 1 aromatic heterocycles. The average Bonchev–Trinajstić information content (AvgIpc) is 2.58. The fraction of sp³-hybridized carbons (Fsp3) is 0.250. The number of pyridine rings is 1. The summed E-state index contributed by atoms with van der Waals surface area (Å²) in [5.41, 5.74) is -0.518. The van der Waals surface area contributed by atoms with Crippen LogP contribution in [0.3, 0.4) is 0 Å².